The van der Waals surface area contributed by atoms with Crippen LogP contribution >= 0.6 is 11.3 Å². The first kappa shape index (κ1) is 41.2. The lowest BCUT2D eigenvalue weighted by atomic mass is 10.1. The van der Waals surface area contributed by atoms with Gasteiger partial charge in [0.15, 0.2) is 0 Å². The highest BCUT2D eigenvalue weighted by atomic mass is 32.2. The molecule has 1 aromatic carbocycles. The Balaban J connectivity index is 1.36. The number of ether oxygens (including phenoxy) is 1. The van der Waals surface area contributed by atoms with Crippen molar-refractivity contribution in [3.05, 3.63) is 75.7 Å². The first-order chi connectivity index (χ1) is 27.6. The molecule has 0 atom stereocenters. The SMILES string of the molecule is CCn1nc(C)cc1C(=O)Nc1nc2cc(C(N)=O)sc2n1C/C=C/Cn1c(NC(=O)c2cc(C)nn2CC)nc2cc(C(N)=O)cc(OCCCOS(C)(=O)=O)c21. The molecule has 20 nitrogen and oxygen atoms in total. The molecule has 0 saturated carbocycles. The Kier molecular flexibility index (Phi) is 12.1. The molecule has 0 aliphatic heterocycles. The number of hydrogen-bond donors (Lipinski definition) is 4. The van der Waals surface area contributed by atoms with Gasteiger partial charge in [0.05, 0.1) is 41.3 Å². The number of fused-ring (bicyclic) bond motifs is 2. The van der Waals surface area contributed by atoms with Crippen LogP contribution in [0.5, 0.6) is 5.75 Å². The Morgan fingerprint density at radius 1 is 0.793 bits per heavy atom. The van der Waals surface area contributed by atoms with E-state index < -0.39 is 33.7 Å². The topological polar surface area (TPSA) is 268 Å². The third kappa shape index (κ3) is 9.08. The summed E-state index contributed by atoms with van der Waals surface area (Å²) in [6.07, 6.45) is 4.72. The number of amides is 4. The van der Waals surface area contributed by atoms with Gasteiger partial charge in [-0.05, 0) is 58.0 Å². The van der Waals surface area contributed by atoms with Gasteiger partial charge in [0, 0.05) is 38.2 Å². The van der Waals surface area contributed by atoms with Crippen molar-refractivity contribution < 1.29 is 36.5 Å². The van der Waals surface area contributed by atoms with Gasteiger partial charge in [0.2, 0.25) is 17.8 Å². The van der Waals surface area contributed by atoms with Crippen LogP contribution in [0.3, 0.4) is 0 Å². The van der Waals surface area contributed by atoms with Gasteiger partial charge in [0.25, 0.3) is 27.8 Å². The van der Waals surface area contributed by atoms with Crippen molar-refractivity contribution in [3.8, 4) is 5.75 Å². The number of carbonyl (C=O) groups excluding carboxylic acids is 4. The Morgan fingerprint density at radius 3 is 1.91 bits per heavy atom. The highest BCUT2D eigenvalue weighted by Crippen LogP contribution is 2.32. The average Bonchev–Trinajstić information content (AvgIpc) is 3.97. The Labute approximate surface area is 335 Å². The summed E-state index contributed by atoms with van der Waals surface area (Å²) >= 11 is 1.13. The number of aromatic nitrogens is 8. The normalized spacial score (nSPS) is 11.9. The minimum Gasteiger partial charge on any atom is -0.491 e. The van der Waals surface area contributed by atoms with Crippen LogP contribution < -0.4 is 26.8 Å². The van der Waals surface area contributed by atoms with E-state index in [2.05, 4.69) is 30.8 Å². The number of primary amides is 2. The van der Waals surface area contributed by atoms with E-state index in [0.717, 1.165) is 17.6 Å². The van der Waals surface area contributed by atoms with Crippen molar-refractivity contribution in [2.45, 2.75) is 60.3 Å². The van der Waals surface area contributed by atoms with E-state index in [4.69, 9.17) is 20.4 Å². The smallest absolute Gasteiger partial charge is 0.276 e. The molecule has 0 unspecified atom stereocenters. The van der Waals surface area contributed by atoms with Gasteiger partial charge < -0.3 is 20.8 Å². The lowest BCUT2D eigenvalue weighted by Gasteiger charge is -2.13. The number of hydrogen-bond acceptors (Lipinski definition) is 13. The molecular weight excluding hydrogens is 793 g/mol. The summed E-state index contributed by atoms with van der Waals surface area (Å²) in [5.41, 5.74) is 14.4. The van der Waals surface area contributed by atoms with E-state index in [1.807, 2.05) is 13.8 Å². The standard InChI is InChI=1S/C36H42N12O8S2/c1-6-47-25(15-20(3)43-47)32(51)41-35-39-23-17-22(30(37)49)18-27(55-13-10-14-56-58(5,53)54)29(23)45(35)11-8-9-12-46-34-24(19-28(57-34)31(38)50)40-36(46)42-33(52)26-16-21(4)44-48(26)7-2/h8-9,15-19H,6-7,10-14H2,1-5H3,(H2,37,49)(H2,38,50)(H,39,41,51)(H,40,42,52)/b9-8+. The third-order valence-electron chi connectivity index (χ3n) is 8.66. The number of nitrogens with one attached hydrogen (secondary N) is 2. The maximum Gasteiger partial charge on any atom is 0.276 e. The molecule has 6 rings (SSSR count). The molecule has 5 aromatic heterocycles. The van der Waals surface area contributed by atoms with Crippen LogP contribution in [0.15, 0.2) is 42.5 Å². The molecule has 6 aromatic rings. The molecular formula is C36H42N12O8S2. The molecule has 58 heavy (non-hydrogen) atoms. The molecule has 0 radical (unpaired) electrons. The summed E-state index contributed by atoms with van der Waals surface area (Å²) < 4.78 is 40.4. The van der Waals surface area contributed by atoms with E-state index in [1.165, 1.54) is 12.1 Å². The van der Waals surface area contributed by atoms with Crippen LogP contribution in [0.4, 0.5) is 11.9 Å². The molecule has 306 valence electrons. The largest absolute Gasteiger partial charge is 0.491 e. The molecule has 4 amide bonds. The summed E-state index contributed by atoms with van der Waals surface area (Å²) in [5.74, 6) is -1.72. The summed E-state index contributed by atoms with van der Waals surface area (Å²) in [6, 6.07) is 7.81. The minimum absolute atomic E-state index is 0.00233. The van der Waals surface area contributed by atoms with Crippen LogP contribution in [0.2, 0.25) is 0 Å². The highest BCUT2D eigenvalue weighted by Gasteiger charge is 2.23. The number of thiophene rings is 1. The number of nitrogens with zero attached hydrogens (tertiary/aromatic N) is 8. The zero-order valence-electron chi connectivity index (χ0n) is 32.3. The highest BCUT2D eigenvalue weighted by molar-refractivity contribution is 7.85. The predicted molar refractivity (Wildman–Crippen MR) is 216 cm³/mol. The van der Waals surface area contributed by atoms with E-state index in [1.54, 1.807) is 62.7 Å². The number of allylic oxidation sites excluding steroid dienone is 2. The first-order valence-electron chi connectivity index (χ1n) is 18.0. The fraction of sp³-hybridized carbons (Fsp3) is 0.333. The van der Waals surface area contributed by atoms with E-state index in [-0.39, 0.29) is 61.5 Å². The van der Waals surface area contributed by atoms with Gasteiger partial charge in [-0.1, -0.05) is 12.2 Å². The van der Waals surface area contributed by atoms with E-state index in [0.29, 0.717) is 56.6 Å². The molecule has 0 fully saturated rings. The van der Waals surface area contributed by atoms with Crippen molar-refractivity contribution >= 4 is 78.4 Å². The maximum atomic E-state index is 13.7. The van der Waals surface area contributed by atoms with Crippen molar-refractivity contribution in [3.63, 3.8) is 0 Å². The van der Waals surface area contributed by atoms with Crippen molar-refractivity contribution in [2.75, 3.05) is 30.1 Å². The summed E-state index contributed by atoms with van der Waals surface area (Å²) in [4.78, 5) is 61.6. The lowest BCUT2D eigenvalue weighted by molar-refractivity contribution is 0.0993. The van der Waals surface area contributed by atoms with E-state index >= 15 is 0 Å². The molecule has 5 heterocycles. The zero-order chi connectivity index (χ0) is 41.9. The summed E-state index contributed by atoms with van der Waals surface area (Å²) in [6.45, 7) is 8.36. The van der Waals surface area contributed by atoms with Crippen molar-refractivity contribution in [1.29, 1.82) is 0 Å². The summed E-state index contributed by atoms with van der Waals surface area (Å²) in [5, 5.41) is 14.5. The minimum atomic E-state index is -3.67. The summed E-state index contributed by atoms with van der Waals surface area (Å²) in [7, 11) is -3.67. The number of carbonyl (C=O) groups is 4. The Bertz CT molecular complexity index is 2700. The monoisotopic (exact) mass is 834 g/mol. The number of imidazole rings is 2. The number of benzene rings is 1. The molecule has 6 N–H and O–H groups in total. The number of aryl methyl sites for hydroxylation is 4. The fourth-order valence-corrected chi connectivity index (χ4v) is 7.52. The van der Waals surface area contributed by atoms with Gasteiger partial charge >= 0.3 is 0 Å². The Hall–Kier alpha value is -6.39. The molecule has 22 heteroatoms. The van der Waals surface area contributed by atoms with Crippen LogP contribution in [-0.4, -0.2) is 90.2 Å². The third-order valence-corrected chi connectivity index (χ3v) is 10.4. The average molecular weight is 835 g/mol. The van der Waals surface area contributed by atoms with Crippen LogP contribution in [0, 0.1) is 13.8 Å². The first-order valence-corrected chi connectivity index (χ1v) is 20.7. The van der Waals surface area contributed by atoms with Gasteiger partial charge in [-0.2, -0.15) is 18.6 Å². The molecule has 0 bridgehead atoms. The quantitative estimate of drug-likeness (QED) is 0.0553. The van der Waals surface area contributed by atoms with Gasteiger partial charge in [-0.15, -0.1) is 11.3 Å². The van der Waals surface area contributed by atoms with Crippen molar-refractivity contribution in [1.82, 2.24) is 38.7 Å². The second-order valence-corrected chi connectivity index (χ2v) is 15.7. The van der Waals surface area contributed by atoms with E-state index in [9.17, 15) is 27.6 Å². The van der Waals surface area contributed by atoms with Crippen LogP contribution in [-0.2, 0) is 40.5 Å². The second-order valence-electron chi connectivity index (χ2n) is 13.0. The van der Waals surface area contributed by atoms with Crippen LogP contribution in [0.25, 0.3) is 21.4 Å². The molecule has 0 saturated heterocycles. The van der Waals surface area contributed by atoms with Gasteiger partial charge in [0.1, 0.15) is 33.0 Å². The zero-order valence-corrected chi connectivity index (χ0v) is 33.9. The second kappa shape index (κ2) is 17.0. The van der Waals surface area contributed by atoms with Crippen molar-refractivity contribution in [2.24, 2.45) is 11.5 Å². The fourth-order valence-electron chi connectivity index (χ4n) is 6.14. The molecule has 0 aliphatic carbocycles. The van der Waals surface area contributed by atoms with Crippen LogP contribution in [0.1, 0.15) is 72.7 Å². The number of anilines is 2. The van der Waals surface area contributed by atoms with Gasteiger partial charge in [-0.25, -0.2) is 9.97 Å². The number of nitrogens with two attached hydrogens (primary N) is 2. The van der Waals surface area contributed by atoms with Gasteiger partial charge in [-0.3, -0.25) is 47.9 Å². The predicted octanol–water partition coefficient (Wildman–Crippen LogP) is 3.20. The Morgan fingerprint density at radius 2 is 1.36 bits per heavy atom. The lowest BCUT2D eigenvalue weighted by Crippen LogP contribution is -2.20. The maximum absolute atomic E-state index is 13.7. The number of rotatable bonds is 18. The molecule has 0 aliphatic rings. The molecule has 0 spiro atoms.